The minimum atomic E-state index is -0.447. The molecule has 1 atom stereocenters. The fraction of sp³-hybridized carbons (Fsp3) is 0.278. The summed E-state index contributed by atoms with van der Waals surface area (Å²) >= 11 is 3.00. The number of rotatable bonds is 4. The highest BCUT2D eigenvalue weighted by Crippen LogP contribution is 2.36. The van der Waals surface area contributed by atoms with E-state index >= 15 is 0 Å². The second-order valence-electron chi connectivity index (χ2n) is 5.77. The molecule has 2 heterocycles. The lowest BCUT2D eigenvalue weighted by Gasteiger charge is -2.13. The number of fused-ring (bicyclic) bond motifs is 1. The van der Waals surface area contributed by atoms with Crippen LogP contribution in [-0.4, -0.2) is 21.1 Å². The molecule has 3 aromatic rings. The molecule has 25 heavy (non-hydrogen) atoms. The SMILES string of the molecule is Cc1nc(SC(C)C(=O)Nc2ccccc2F)c2c(C)c(C)sc2n1. The van der Waals surface area contributed by atoms with Gasteiger partial charge in [-0.3, -0.25) is 4.79 Å². The largest absolute Gasteiger partial charge is 0.323 e. The van der Waals surface area contributed by atoms with Gasteiger partial charge in [-0.05, 0) is 45.4 Å². The Morgan fingerprint density at radius 3 is 2.68 bits per heavy atom. The summed E-state index contributed by atoms with van der Waals surface area (Å²) in [6.45, 7) is 7.73. The minimum Gasteiger partial charge on any atom is -0.323 e. The number of nitrogens with one attached hydrogen (secondary N) is 1. The van der Waals surface area contributed by atoms with Gasteiger partial charge in [0.1, 0.15) is 21.5 Å². The minimum absolute atomic E-state index is 0.187. The Bertz CT molecular complexity index is 955. The van der Waals surface area contributed by atoms with E-state index in [0.29, 0.717) is 5.82 Å². The number of carbonyl (C=O) groups is 1. The van der Waals surface area contributed by atoms with Crippen LogP contribution in [0, 0.1) is 26.6 Å². The maximum absolute atomic E-state index is 13.7. The molecule has 0 saturated carbocycles. The Labute approximate surface area is 153 Å². The molecular formula is C18H18FN3OS2. The number of thioether (sulfide) groups is 1. The number of hydrogen-bond donors (Lipinski definition) is 1. The number of anilines is 1. The van der Waals surface area contributed by atoms with Gasteiger partial charge in [0.05, 0.1) is 10.9 Å². The van der Waals surface area contributed by atoms with Gasteiger partial charge >= 0.3 is 0 Å². The summed E-state index contributed by atoms with van der Waals surface area (Å²) in [5.74, 6) is -0.0280. The van der Waals surface area contributed by atoms with E-state index in [1.54, 1.807) is 36.5 Å². The number of aryl methyl sites for hydroxylation is 3. The molecule has 7 heteroatoms. The van der Waals surface area contributed by atoms with Gasteiger partial charge in [-0.15, -0.1) is 11.3 Å². The maximum Gasteiger partial charge on any atom is 0.237 e. The first-order valence-electron chi connectivity index (χ1n) is 7.83. The van der Waals surface area contributed by atoms with Crippen LogP contribution in [0.4, 0.5) is 10.1 Å². The molecule has 130 valence electrons. The van der Waals surface area contributed by atoms with Crippen molar-refractivity contribution < 1.29 is 9.18 Å². The Hall–Kier alpha value is -1.99. The van der Waals surface area contributed by atoms with Crippen molar-refractivity contribution in [2.24, 2.45) is 0 Å². The summed E-state index contributed by atoms with van der Waals surface area (Å²) in [5, 5.41) is 4.01. The molecule has 2 aromatic heterocycles. The highest BCUT2D eigenvalue weighted by Gasteiger charge is 2.21. The fourth-order valence-electron chi connectivity index (χ4n) is 2.42. The molecule has 0 aliphatic rings. The van der Waals surface area contributed by atoms with Crippen LogP contribution >= 0.6 is 23.1 Å². The van der Waals surface area contributed by atoms with Crippen LogP contribution in [0.2, 0.25) is 0 Å². The quantitative estimate of drug-likeness (QED) is 0.522. The van der Waals surface area contributed by atoms with Crippen LogP contribution in [0.3, 0.4) is 0 Å². The van der Waals surface area contributed by atoms with Gasteiger partial charge in [0, 0.05) is 10.3 Å². The van der Waals surface area contributed by atoms with Crippen molar-refractivity contribution in [3.63, 3.8) is 0 Å². The first-order valence-corrected chi connectivity index (χ1v) is 9.53. The normalized spacial score (nSPS) is 12.4. The predicted molar refractivity (Wildman–Crippen MR) is 102 cm³/mol. The number of nitrogens with zero attached hydrogens (tertiary/aromatic N) is 2. The number of aromatic nitrogens is 2. The molecule has 0 aliphatic carbocycles. The van der Waals surface area contributed by atoms with Crippen LogP contribution in [0.5, 0.6) is 0 Å². The number of para-hydroxylation sites is 1. The van der Waals surface area contributed by atoms with Crippen molar-refractivity contribution in [3.8, 4) is 0 Å². The van der Waals surface area contributed by atoms with Crippen LogP contribution in [-0.2, 0) is 4.79 Å². The van der Waals surface area contributed by atoms with E-state index in [1.807, 2.05) is 13.8 Å². The lowest BCUT2D eigenvalue weighted by molar-refractivity contribution is -0.115. The van der Waals surface area contributed by atoms with E-state index in [0.717, 1.165) is 20.8 Å². The predicted octanol–water partition coefficient (Wildman–Crippen LogP) is 4.87. The van der Waals surface area contributed by atoms with Crippen molar-refractivity contribution in [3.05, 3.63) is 46.3 Å². The average Bonchev–Trinajstić information content (AvgIpc) is 2.83. The van der Waals surface area contributed by atoms with E-state index in [1.165, 1.54) is 22.7 Å². The van der Waals surface area contributed by atoms with Gasteiger partial charge in [0.2, 0.25) is 5.91 Å². The Morgan fingerprint density at radius 2 is 1.96 bits per heavy atom. The summed E-state index contributed by atoms with van der Waals surface area (Å²) in [6.07, 6.45) is 0. The molecule has 0 bridgehead atoms. The zero-order valence-corrected chi connectivity index (χ0v) is 16.0. The number of thiophene rings is 1. The van der Waals surface area contributed by atoms with E-state index in [2.05, 4.69) is 22.2 Å². The summed E-state index contributed by atoms with van der Waals surface area (Å²) in [4.78, 5) is 23.6. The van der Waals surface area contributed by atoms with Crippen LogP contribution in [0.1, 0.15) is 23.2 Å². The van der Waals surface area contributed by atoms with Gasteiger partial charge < -0.3 is 5.32 Å². The van der Waals surface area contributed by atoms with Gasteiger partial charge in [0.15, 0.2) is 0 Å². The fourth-order valence-corrected chi connectivity index (χ4v) is 4.61. The van der Waals surface area contributed by atoms with Crippen molar-refractivity contribution in [2.45, 2.75) is 38.0 Å². The van der Waals surface area contributed by atoms with Crippen molar-refractivity contribution in [2.75, 3.05) is 5.32 Å². The molecule has 0 fully saturated rings. The number of halogens is 1. The molecule has 0 saturated heterocycles. The van der Waals surface area contributed by atoms with Crippen LogP contribution in [0.25, 0.3) is 10.2 Å². The smallest absolute Gasteiger partial charge is 0.237 e. The monoisotopic (exact) mass is 375 g/mol. The molecular weight excluding hydrogens is 357 g/mol. The summed E-state index contributed by atoms with van der Waals surface area (Å²) in [6, 6.07) is 6.14. The van der Waals surface area contributed by atoms with E-state index in [-0.39, 0.29) is 11.6 Å². The van der Waals surface area contributed by atoms with Gasteiger partial charge in [-0.25, -0.2) is 14.4 Å². The van der Waals surface area contributed by atoms with Crippen molar-refractivity contribution in [1.82, 2.24) is 9.97 Å². The van der Waals surface area contributed by atoms with Crippen LogP contribution < -0.4 is 5.32 Å². The lowest BCUT2D eigenvalue weighted by Crippen LogP contribution is -2.23. The highest BCUT2D eigenvalue weighted by atomic mass is 32.2. The van der Waals surface area contributed by atoms with E-state index in [4.69, 9.17) is 0 Å². The molecule has 0 radical (unpaired) electrons. The van der Waals surface area contributed by atoms with Gasteiger partial charge in [-0.2, -0.15) is 0 Å². The molecule has 0 aliphatic heterocycles. The lowest BCUT2D eigenvalue weighted by atomic mass is 10.2. The Kier molecular flexibility index (Phi) is 5.06. The maximum atomic E-state index is 13.7. The zero-order chi connectivity index (χ0) is 18.1. The highest BCUT2D eigenvalue weighted by molar-refractivity contribution is 8.00. The van der Waals surface area contributed by atoms with Gasteiger partial charge in [-0.1, -0.05) is 23.9 Å². The third-order valence-corrected chi connectivity index (χ3v) is 6.08. The molecule has 1 aromatic carbocycles. The third kappa shape index (κ3) is 3.67. The number of amides is 1. The standard InChI is InChI=1S/C18H18FN3OS2/c1-9-10(2)24-17-15(9)18(21-12(4)20-17)25-11(3)16(23)22-14-8-6-5-7-13(14)19/h5-8,11H,1-4H3,(H,22,23). The summed E-state index contributed by atoms with van der Waals surface area (Å²) in [7, 11) is 0. The third-order valence-electron chi connectivity index (χ3n) is 3.90. The molecule has 1 amide bonds. The molecule has 3 rings (SSSR count). The summed E-state index contributed by atoms with van der Waals surface area (Å²) < 4.78 is 13.7. The Balaban J connectivity index is 1.85. The number of hydrogen-bond acceptors (Lipinski definition) is 5. The average molecular weight is 375 g/mol. The molecule has 1 unspecified atom stereocenters. The van der Waals surface area contributed by atoms with Crippen LogP contribution in [0.15, 0.2) is 29.3 Å². The molecule has 1 N–H and O–H groups in total. The summed E-state index contributed by atoms with van der Waals surface area (Å²) in [5.41, 5.74) is 1.33. The van der Waals surface area contributed by atoms with E-state index < -0.39 is 11.1 Å². The molecule has 0 spiro atoms. The van der Waals surface area contributed by atoms with Crippen molar-refractivity contribution in [1.29, 1.82) is 0 Å². The second kappa shape index (κ2) is 7.09. The second-order valence-corrected chi connectivity index (χ2v) is 8.30. The number of benzene rings is 1. The zero-order valence-electron chi connectivity index (χ0n) is 14.4. The van der Waals surface area contributed by atoms with Crippen molar-refractivity contribution >= 4 is 44.9 Å². The first kappa shape index (κ1) is 17.8. The number of carbonyl (C=O) groups excluding carboxylic acids is 1. The first-order chi connectivity index (χ1) is 11.9. The Morgan fingerprint density at radius 1 is 1.24 bits per heavy atom. The van der Waals surface area contributed by atoms with Gasteiger partial charge in [0.25, 0.3) is 0 Å². The molecule has 4 nitrogen and oxygen atoms in total. The van der Waals surface area contributed by atoms with E-state index in [9.17, 15) is 9.18 Å². The topological polar surface area (TPSA) is 54.9 Å².